The topological polar surface area (TPSA) is 124 Å². The summed E-state index contributed by atoms with van der Waals surface area (Å²) in [6, 6.07) is 2.07. The first-order chi connectivity index (χ1) is 8.41. The number of aliphatic hydroxyl groups excluding tert-OH is 1. The van der Waals surface area contributed by atoms with Crippen LogP contribution in [0.4, 0.5) is 0 Å². The van der Waals surface area contributed by atoms with Crippen LogP contribution in [0.3, 0.4) is 0 Å². The highest BCUT2D eigenvalue weighted by Gasteiger charge is 2.30. The number of carboxylic acid groups (broad SMARTS) is 2. The summed E-state index contributed by atoms with van der Waals surface area (Å²) in [6.07, 6.45) is 2.09. The van der Waals surface area contributed by atoms with E-state index in [1.54, 1.807) is 6.26 Å². The lowest BCUT2D eigenvalue weighted by Gasteiger charge is -2.15. The first kappa shape index (κ1) is 14.1. The summed E-state index contributed by atoms with van der Waals surface area (Å²) in [5.41, 5.74) is 0.911. The van der Waals surface area contributed by atoms with Crippen molar-refractivity contribution in [1.82, 2.24) is 10.1 Å². The van der Waals surface area contributed by atoms with Gasteiger partial charge in [0.05, 0.1) is 12.1 Å². The number of carbonyl (C=O) groups is 2. The normalized spacial score (nSPS) is 23.2. The third-order valence-electron chi connectivity index (χ3n) is 2.51. The van der Waals surface area contributed by atoms with Crippen LogP contribution in [0.5, 0.6) is 0 Å². The average Bonchev–Trinajstić information content (AvgIpc) is 2.88. The number of nitrogens with zero attached hydrogens (tertiary/aromatic N) is 2. The number of aliphatic carboxylic acids is 2. The predicted molar refractivity (Wildman–Crippen MR) is 57.8 cm³/mol. The van der Waals surface area contributed by atoms with E-state index in [1.165, 1.54) is 0 Å². The van der Waals surface area contributed by atoms with Crippen LogP contribution in [0, 0.1) is 0 Å². The number of likely N-dealkylation sites (tertiary alicyclic amines) is 1. The van der Waals surface area contributed by atoms with Crippen LogP contribution in [0.15, 0.2) is 16.9 Å². The molecule has 2 heterocycles. The molecule has 0 bridgehead atoms. The van der Waals surface area contributed by atoms with Gasteiger partial charge in [-0.15, -0.1) is 0 Å². The van der Waals surface area contributed by atoms with Crippen molar-refractivity contribution in [1.29, 1.82) is 0 Å². The summed E-state index contributed by atoms with van der Waals surface area (Å²) >= 11 is 0. The smallest absolute Gasteiger partial charge is 0.414 e. The molecule has 2 rings (SSSR count). The summed E-state index contributed by atoms with van der Waals surface area (Å²) in [5.74, 6) is -3.65. The first-order valence-electron chi connectivity index (χ1n) is 5.16. The lowest BCUT2D eigenvalue weighted by molar-refractivity contribution is -0.159. The Morgan fingerprint density at radius 1 is 1.44 bits per heavy atom. The molecule has 1 fully saturated rings. The van der Waals surface area contributed by atoms with E-state index in [-0.39, 0.29) is 12.1 Å². The highest BCUT2D eigenvalue weighted by atomic mass is 16.5. The van der Waals surface area contributed by atoms with Gasteiger partial charge in [0.1, 0.15) is 12.0 Å². The molecule has 18 heavy (non-hydrogen) atoms. The third kappa shape index (κ3) is 3.82. The quantitative estimate of drug-likeness (QED) is 0.579. The highest BCUT2D eigenvalue weighted by Crippen LogP contribution is 2.28. The van der Waals surface area contributed by atoms with Crippen molar-refractivity contribution in [2.75, 3.05) is 13.6 Å². The molecule has 0 aliphatic carbocycles. The van der Waals surface area contributed by atoms with E-state index < -0.39 is 11.9 Å². The molecule has 0 spiro atoms. The molecule has 1 saturated heterocycles. The zero-order chi connectivity index (χ0) is 13.7. The van der Waals surface area contributed by atoms with Gasteiger partial charge < -0.3 is 19.8 Å². The van der Waals surface area contributed by atoms with Gasteiger partial charge in [-0.05, 0) is 13.5 Å². The minimum Gasteiger partial charge on any atom is -0.473 e. The summed E-state index contributed by atoms with van der Waals surface area (Å²) < 4.78 is 4.75. The molecule has 1 aliphatic rings. The molecule has 1 aromatic heterocycles. The third-order valence-corrected chi connectivity index (χ3v) is 2.51. The van der Waals surface area contributed by atoms with Crippen LogP contribution >= 0.6 is 0 Å². The van der Waals surface area contributed by atoms with Crippen molar-refractivity contribution >= 4 is 11.9 Å². The molecule has 2 atom stereocenters. The fourth-order valence-corrected chi connectivity index (χ4v) is 1.71. The molecule has 1 aromatic rings. The van der Waals surface area contributed by atoms with E-state index in [0.717, 1.165) is 18.7 Å². The van der Waals surface area contributed by atoms with Crippen LogP contribution in [-0.4, -0.2) is 57.0 Å². The Hall–Kier alpha value is -1.93. The molecule has 0 aromatic carbocycles. The highest BCUT2D eigenvalue weighted by molar-refractivity contribution is 6.27. The van der Waals surface area contributed by atoms with Crippen LogP contribution in [0.1, 0.15) is 18.2 Å². The van der Waals surface area contributed by atoms with Crippen molar-refractivity contribution in [3.8, 4) is 0 Å². The van der Waals surface area contributed by atoms with Crippen LogP contribution in [-0.2, 0) is 9.59 Å². The number of aliphatic hydroxyl groups is 1. The minimum atomic E-state index is -1.82. The van der Waals surface area contributed by atoms with Crippen LogP contribution < -0.4 is 0 Å². The maximum absolute atomic E-state index is 9.37. The molecule has 0 amide bonds. The standard InChI is InChI=1S/C8H12N2O2.C2H2O4/c1-10-5-6(11)4-8(10)7-2-3-12-9-7;3-1(4)2(5)6/h2-3,6,8,11H,4-5H2,1H3;(H,3,4)(H,5,6). The lowest BCUT2D eigenvalue weighted by atomic mass is 10.1. The SMILES string of the molecule is CN1CC(O)CC1c1ccon1.O=C(O)C(=O)O. The number of rotatable bonds is 1. The fraction of sp³-hybridized carbons (Fsp3) is 0.500. The second kappa shape index (κ2) is 6.12. The number of likely N-dealkylation sites (N-methyl/N-ethyl adjacent to an activating group) is 1. The Kier molecular flexibility index (Phi) is 4.81. The molecule has 8 nitrogen and oxygen atoms in total. The monoisotopic (exact) mass is 258 g/mol. The predicted octanol–water partition coefficient (Wildman–Crippen LogP) is -0.432. The van der Waals surface area contributed by atoms with Gasteiger partial charge in [-0.1, -0.05) is 5.16 Å². The Morgan fingerprint density at radius 3 is 2.39 bits per heavy atom. The molecule has 3 N–H and O–H groups in total. The van der Waals surface area contributed by atoms with Gasteiger partial charge in [0.15, 0.2) is 0 Å². The summed E-state index contributed by atoms with van der Waals surface area (Å²) in [6.45, 7) is 0.720. The van der Waals surface area contributed by atoms with Gasteiger partial charge in [-0.3, -0.25) is 4.90 Å². The number of carboxylic acids is 2. The zero-order valence-electron chi connectivity index (χ0n) is 9.68. The van der Waals surface area contributed by atoms with Crippen molar-refractivity contribution < 1.29 is 29.4 Å². The Morgan fingerprint density at radius 2 is 2.06 bits per heavy atom. The van der Waals surface area contributed by atoms with Crippen LogP contribution in [0.2, 0.25) is 0 Å². The number of aromatic nitrogens is 1. The van der Waals surface area contributed by atoms with E-state index >= 15 is 0 Å². The lowest BCUT2D eigenvalue weighted by Crippen LogP contribution is -2.19. The molecule has 8 heteroatoms. The fourth-order valence-electron chi connectivity index (χ4n) is 1.71. The van der Waals surface area contributed by atoms with E-state index in [1.807, 2.05) is 13.1 Å². The Balaban J connectivity index is 0.000000232. The molecule has 1 aliphatic heterocycles. The van der Waals surface area contributed by atoms with E-state index in [4.69, 9.17) is 24.3 Å². The largest absolute Gasteiger partial charge is 0.473 e. The van der Waals surface area contributed by atoms with Gasteiger partial charge >= 0.3 is 11.9 Å². The second-order valence-electron chi connectivity index (χ2n) is 3.88. The Labute approximate surface area is 102 Å². The number of β-amino-alcohol motifs (C(OH)–C–C–N with tert-alkyl or cyclic N) is 1. The van der Waals surface area contributed by atoms with Gasteiger partial charge in [-0.25, -0.2) is 9.59 Å². The zero-order valence-corrected chi connectivity index (χ0v) is 9.68. The Bertz CT molecular complexity index is 393. The molecule has 0 radical (unpaired) electrons. The van der Waals surface area contributed by atoms with Crippen molar-refractivity contribution in [3.05, 3.63) is 18.0 Å². The second-order valence-corrected chi connectivity index (χ2v) is 3.88. The summed E-state index contributed by atoms with van der Waals surface area (Å²) in [5, 5.41) is 28.0. The van der Waals surface area contributed by atoms with E-state index in [2.05, 4.69) is 10.1 Å². The van der Waals surface area contributed by atoms with E-state index in [9.17, 15) is 5.11 Å². The van der Waals surface area contributed by atoms with Gasteiger partial charge in [0.25, 0.3) is 0 Å². The number of hydrogen-bond acceptors (Lipinski definition) is 6. The molecule has 0 saturated carbocycles. The van der Waals surface area contributed by atoms with Gasteiger partial charge in [-0.2, -0.15) is 0 Å². The first-order valence-corrected chi connectivity index (χ1v) is 5.16. The molecule has 100 valence electrons. The molecule has 2 unspecified atom stereocenters. The summed E-state index contributed by atoms with van der Waals surface area (Å²) in [7, 11) is 1.98. The van der Waals surface area contributed by atoms with Crippen molar-refractivity contribution in [2.45, 2.75) is 18.6 Å². The van der Waals surface area contributed by atoms with Crippen LogP contribution in [0.25, 0.3) is 0 Å². The summed E-state index contributed by atoms with van der Waals surface area (Å²) in [4.78, 5) is 20.3. The van der Waals surface area contributed by atoms with Crippen molar-refractivity contribution in [3.63, 3.8) is 0 Å². The van der Waals surface area contributed by atoms with Crippen molar-refractivity contribution in [2.24, 2.45) is 0 Å². The average molecular weight is 258 g/mol. The molecular weight excluding hydrogens is 244 g/mol. The van der Waals surface area contributed by atoms with Gasteiger partial charge in [0.2, 0.25) is 0 Å². The van der Waals surface area contributed by atoms with E-state index in [0.29, 0.717) is 0 Å². The maximum atomic E-state index is 9.37. The number of hydrogen-bond donors (Lipinski definition) is 3. The molecular formula is C10H14N2O6. The van der Waals surface area contributed by atoms with Gasteiger partial charge in [0, 0.05) is 12.6 Å². The minimum absolute atomic E-state index is 0.221. The maximum Gasteiger partial charge on any atom is 0.414 e.